The van der Waals surface area contributed by atoms with Crippen molar-refractivity contribution >= 4 is 43.4 Å². The van der Waals surface area contributed by atoms with Gasteiger partial charge in [0.05, 0.1) is 16.7 Å². The number of benzene rings is 9. The Bertz CT molecular complexity index is 3270. The molecule has 0 unspecified atom stereocenters. The molecule has 11 aromatic rings. The van der Waals surface area contributed by atoms with Crippen molar-refractivity contribution in [2.45, 2.75) is 0 Å². The fourth-order valence-corrected chi connectivity index (χ4v) is 8.36. The highest BCUT2D eigenvalue weighted by Gasteiger charge is 2.21. The number of para-hydroxylation sites is 1. The number of hydrogen-bond acceptors (Lipinski definition) is 3. The van der Waals surface area contributed by atoms with E-state index in [-0.39, 0.29) is 0 Å². The second kappa shape index (κ2) is 13.6. The molecular formula is C53H34N4. The van der Waals surface area contributed by atoms with Crippen LogP contribution in [0.5, 0.6) is 0 Å². The summed E-state index contributed by atoms with van der Waals surface area (Å²) in [4.78, 5) is 15.7. The Hall–Kier alpha value is -7.69. The molecular weight excluding hydrogens is 693 g/mol. The van der Waals surface area contributed by atoms with Crippen molar-refractivity contribution in [3.63, 3.8) is 0 Å². The molecule has 0 aliphatic heterocycles. The van der Waals surface area contributed by atoms with Crippen LogP contribution in [0.1, 0.15) is 0 Å². The molecule has 0 amide bonds. The van der Waals surface area contributed by atoms with Crippen LogP contribution in [0.3, 0.4) is 0 Å². The Morgan fingerprint density at radius 1 is 0.298 bits per heavy atom. The van der Waals surface area contributed by atoms with Crippen LogP contribution >= 0.6 is 0 Å². The minimum atomic E-state index is 0.624. The predicted octanol–water partition coefficient (Wildman–Crippen LogP) is 13.6. The summed E-state index contributed by atoms with van der Waals surface area (Å²) >= 11 is 0. The SMILES string of the molecule is c1ccc(-c2ccc(-c3nc(-c4ccc5ccccc5c4)nc(-c4cccc5cccc(-n6c7ccccc7c7c(-c8ccccc8)cccc76)c45)n3)cc2)cc1. The van der Waals surface area contributed by atoms with Gasteiger partial charge in [-0.15, -0.1) is 0 Å². The smallest absolute Gasteiger partial charge is 0.164 e. The van der Waals surface area contributed by atoms with Gasteiger partial charge in [-0.25, -0.2) is 15.0 Å². The lowest BCUT2D eigenvalue weighted by molar-refractivity contribution is 1.08. The molecule has 0 saturated heterocycles. The van der Waals surface area contributed by atoms with Crippen molar-refractivity contribution in [3.8, 4) is 62.1 Å². The number of rotatable bonds is 6. The summed E-state index contributed by atoms with van der Waals surface area (Å²) in [7, 11) is 0. The molecule has 57 heavy (non-hydrogen) atoms. The van der Waals surface area contributed by atoms with Crippen LogP contribution in [0, 0.1) is 0 Å². The van der Waals surface area contributed by atoms with Gasteiger partial charge in [-0.2, -0.15) is 0 Å². The van der Waals surface area contributed by atoms with E-state index in [0.717, 1.165) is 55.1 Å². The normalized spacial score (nSPS) is 11.5. The fourth-order valence-electron chi connectivity index (χ4n) is 8.36. The van der Waals surface area contributed by atoms with Crippen molar-refractivity contribution in [1.29, 1.82) is 0 Å². The monoisotopic (exact) mass is 726 g/mol. The minimum Gasteiger partial charge on any atom is -0.309 e. The lowest BCUT2D eigenvalue weighted by Crippen LogP contribution is -2.02. The quantitative estimate of drug-likeness (QED) is 0.171. The van der Waals surface area contributed by atoms with E-state index < -0.39 is 0 Å². The minimum absolute atomic E-state index is 0.624. The van der Waals surface area contributed by atoms with Gasteiger partial charge in [0.1, 0.15) is 0 Å². The van der Waals surface area contributed by atoms with Crippen molar-refractivity contribution in [1.82, 2.24) is 19.5 Å². The van der Waals surface area contributed by atoms with Crippen molar-refractivity contribution < 1.29 is 0 Å². The first-order valence-electron chi connectivity index (χ1n) is 19.3. The maximum Gasteiger partial charge on any atom is 0.164 e. The topological polar surface area (TPSA) is 43.6 Å². The lowest BCUT2D eigenvalue weighted by atomic mass is 9.99. The van der Waals surface area contributed by atoms with Gasteiger partial charge in [-0.05, 0) is 62.7 Å². The van der Waals surface area contributed by atoms with Crippen LogP contribution in [-0.4, -0.2) is 19.5 Å². The molecule has 0 N–H and O–H groups in total. The summed E-state index contributed by atoms with van der Waals surface area (Å²) in [5.41, 5.74) is 10.9. The third-order valence-corrected chi connectivity index (χ3v) is 11.0. The van der Waals surface area contributed by atoms with Crippen LogP contribution in [0.25, 0.3) is 105 Å². The van der Waals surface area contributed by atoms with Gasteiger partial charge in [0.2, 0.25) is 0 Å². The van der Waals surface area contributed by atoms with Gasteiger partial charge in [0, 0.05) is 32.8 Å². The molecule has 2 aromatic heterocycles. The van der Waals surface area contributed by atoms with Gasteiger partial charge in [0.25, 0.3) is 0 Å². The lowest BCUT2D eigenvalue weighted by Gasteiger charge is -2.16. The average molecular weight is 727 g/mol. The fraction of sp³-hybridized carbons (Fsp3) is 0. The Morgan fingerprint density at radius 2 is 0.842 bits per heavy atom. The van der Waals surface area contributed by atoms with Crippen molar-refractivity contribution in [2.24, 2.45) is 0 Å². The highest BCUT2D eigenvalue weighted by molar-refractivity contribution is 6.17. The largest absolute Gasteiger partial charge is 0.309 e. The number of nitrogens with zero attached hydrogens (tertiary/aromatic N) is 4. The highest BCUT2D eigenvalue weighted by Crippen LogP contribution is 2.41. The molecule has 11 rings (SSSR count). The van der Waals surface area contributed by atoms with Crippen LogP contribution in [-0.2, 0) is 0 Å². The Labute approximate surface area is 330 Å². The molecule has 4 nitrogen and oxygen atoms in total. The first-order valence-corrected chi connectivity index (χ1v) is 19.3. The van der Waals surface area contributed by atoms with E-state index in [9.17, 15) is 0 Å². The zero-order valence-corrected chi connectivity index (χ0v) is 30.9. The molecule has 0 spiro atoms. The molecule has 266 valence electrons. The molecule has 0 bridgehead atoms. The van der Waals surface area contributed by atoms with Crippen LogP contribution in [0.15, 0.2) is 206 Å². The van der Waals surface area contributed by atoms with E-state index in [0.29, 0.717) is 17.5 Å². The number of hydrogen-bond donors (Lipinski definition) is 0. The summed E-state index contributed by atoms with van der Waals surface area (Å²) in [6.45, 7) is 0. The van der Waals surface area contributed by atoms with Gasteiger partial charge >= 0.3 is 0 Å². The number of fused-ring (bicyclic) bond motifs is 5. The first-order chi connectivity index (χ1) is 28.3. The van der Waals surface area contributed by atoms with E-state index in [2.05, 4.69) is 205 Å². The van der Waals surface area contributed by atoms with E-state index in [4.69, 9.17) is 15.0 Å². The average Bonchev–Trinajstić information content (AvgIpc) is 3.63. The van der Waals surface area contributed by atoms with E-state index in [1.165, 1.54) is 32.8 Å². The van der Waals surface area contributed by atoms with Crippen molar-refractivity contribution in [2.75, 3.05) is 0 Å². The molecule has 0 aliphatic rings. The van der Waals surface area contributed by atoms with E-state index >= 15 is 0 Å². The summed E-state index contributed by atoms with van der Waals surface area (Å²) < 4.78 is 2.41. The molecule has 9 aromatic carbocycles. The van der Waals surface area contributed by atoms with Gasteiger partial charge in [-0.1, -0.05) is 182 Å². The standard InChI is InChI=1S/C53H34N4/c1-3-14-35(15-4-1)37-28-31-40(32-29-37)51-54-52(42-33-30-36-16-7-8-19-41(36)34-42)56-53(55-51)45-24-11-20-39-21-12-26-47(49(39)45)57-46-25-10-9-22-44(46)50-43(23-13-27-48(50)57)38-17-5-2-6-18-38/h1-34H. The summed E-state index contributed by atoms with van der Waals surface area (Å²) in [5.74, 6) is 1.88. The van der Waals surface area contributed by atoms with Crippen LogP contribution in [0.2, 0.25) is 0 Å². The maximum absolute atomic E-state index is 5.29. The second-order valence-corrected chi connectivity index (χ2v) is 14.4. The highest BCUT2D eigenvalue weighted by atomic mass is 15.0. The summed E-state index contributed by atoms with van der Waals surface area (Å²) in [6.07, 6.45) is 0. The molecule has 2 heterocycles. The number of aromatic nitrogens is 4. The zero-order valence-electron chi connectivity index (χ0n) is 30.9. The maximum atomic E-state index is 5.29. The van der Waals surface area contributed by atoms with E-state index in [1.54, 1.807) is 0 Å². The van der Waals surface area contributed by atoms with Crippen LogP contribution in [0.4, 0.5) is 0 Å². The van der Waals surface area contributed by atoms with Gasteiger partial charge < -0.3 is 4.57 Å². The molecule has 0 aliphatic carbocycles. The molecule has 0 saturated carbocycles. The summed E-state index contributed by atoms with van der Waals surface area (Å²) in [6, 6.07) is 72.8. The Morgan fingerprint density at radius 3 is 1.65 bits per heavy atom. The third-order valence-electron chi connectivity index (χ3n) is 11.0. The summed E-state index contributed by atoms with van der Waals surface area (Å²) in [5, 5.41) is 6.94. The van der Waals surface area contributed by atoms with E-state index in [1.807, 2.05) is 6.07 Å². The van der Waals surface area contributed by atoms with Gasteiger partial charge in [-0.3, -0.25) is 0 Å². The third kappa shape index (κ3) is 5.66. The zero-order chi connectivity index (χ0) is 37.7. The molecule has 0 atom stereocenters. The Kier molecular flexibility index (Phi) is 7.78. The first kappa shape index (κ1) is 32.7. The second-order valence-electron chi connectivity index (χ2n) is 14.4. The van der Waals surface area contributed by atoms with Gasteiger partial charge in [0.15, 0.2) is 17.5 Å². The molecule has 0 radical (unpaired) electrons. The van der Waals surface area contributed by atoms with Crippen molar-refractivity contribution in [3.05, 3.63) is 206 Å². The molecule has 0 fully saturated rings. The Balaban J connectivity index is 1.16. The van der Waals surface area contributed by atoms with Crippen LogP contribution < -0.4 is 0 Å². The molecule has 4 heteroatoms. The predicted molar refractivity (Wildman–Crippen MR) is 236 cm³/mol.